The Labute approximate surface area is 123 Å². The Hall–Kier alpha value is -0.860. The van der Waals surface area contributed by atoms with Gasteiger partial charge in [0.1, 0.15) is 0 Å². The molecule has 0 saturated carbocycles. The predicted octanol–water partition coefficient (Wildman–Crippen LogP) is 3.90. The second-order valence-corrected chi connectivity index (χ2v) is 6.68. The van der Waals surface area contributed by atoms with Gasteiger partial charge in [0.15, 0.2) is 0 Å². The summed E-state index contributed by atoms with van der Waals surface area (Å²) in [6.45, 7) is 4.35. The van der Waals surface area contributed by atoms with Crippen LogP contribution in [-0.4, -0.2) is 25.8 Å². The number of benzene rings is 1. The molecular formula is C18H29NO. The first-order valence-electron chi connectivity index (χ1n) is 7.86. The molecule has 0 fully saturated rings. The second-order valence-electron chi connectivity index (χ2n) is 6.68. The molecule has 2 atom stereocenters. The molecule has 2 unspecified atom stereocenters. The van der Waals surface area contributed by atoms with Crippen LogP contribution in [0.1, 0.15) is 56.6 Å². The minimum Gasteiger partial charge on any atom is -0.379 e. The highest BCUT2D eigenvalue weighted by Gasteiger charge is 2.27. The van der Waals surface area contributed by atoms with Crippen molar-refractivity contribution in [2.75, 3.05) is 14.2 Å². The number of ether oxygens (including phenoxy) is 1. The quantitative estimate of drug-likeness (QED) is 0.850. The first-order valence-corrected chi connectivity index (χ1v) is 7.86. The number of nitrogens with one attached hydrogen (secondary N) is 1. The fourth-order valence-electron chi connectivity index (χ4n) is 3.42. The van der Waals surface area contributed by atoms with Gasteiger partial charge in [-0.05, 0) is 70.0 Å². The standard InChI is InChI=1S/C18H29NO/c1-18(2,20-4)13-16(19-3)12-15-10-7-9-14-8-5-6-11-17(14)15/h5-6,8,11,15-16,19H,7,9-10,12-13H2,1-4H3. The van der Waals surface area contributed by atoms with Gasteiger partial charge < -0.3 is 10.1 Å². The van der Waals surface area contributed by atoms with Gasteiger partial charge in [-0.25, -0.2) is 0 Å². The highest BCUT2D eigenvalue weighted by atomic mass is 16.5. The SMILES string of the molecule is CNC(CC1CCCc2ccccc21)CC(C)(C)OC. The topological polar surface area (TPSA) is 21.3 Å². The van der Waals surface area contributed by atoms with Gasteiger partial charge in [0.05, 0.1) is 5.60 Å². The normalized spacial score (nSPS) is 20.5. The van der Waals surface area contributed by atoms with Crippen molar-refractivity contribution >= 4 is 0 Å². The number of rotatable bonds is 6. The molecular weight excluding hydrogens is 246 g/mol. The highest BCUT2D eigenvalue weighted by molar-refractivity contribution is 5.32. The van der Waals surface area contributed by atoms with Crippen molar-refractivity contribution in [2.24, 2.45) is 0 Å². The first kappa shape index (κ1) is 15.5. The lowest BCUT2D eigenvalue weighted by atomic mass is 9.78. The van der Waals surface area contributed by atoms with E-state index in [1.54, 1.807) is 11.1 Å². The summed E-state index contributed by atoms with van der Waals surface area (Å²) in [6.07, 6.45) is 6.16. The molecule has 1 aromatic rings. The van der Waals surface area contributed by atoms with Gasteiger partial charge >= 0.3 is 0 Å². The monoisotopic (exact) mass is 275 g/mol. The number of methoxy groups -OCH3 is 1. The molecule has 1 aliphatic carbocycles. The van der Waals surface area contributed by atoms with Crippen LogP contribution in [0, 0.1) is 0 Å². The molecule has 0 radical (unpaired) electrons. The van der Waals surface area contributed by atoms with Crippen LogP contribution >= 0.6 is 0 Å². The maximum absolute atomic E-state index is 5.59. The second kappa shape index (κ2) is 6.73. The summed E-state index contributed by atoms with van der Waals surface area (Å²) >= 11 is 0. The van der Waals surface area contributed by atoms with Crippen molar-refractivity contribution < 1.29 is 4.74 Å². The lowest BCUT2D eigenvalue weighted by Crippen LogP contribution is -2.37. The van der Waals surface area contributed by atoms with E-state index < -0.39 is 0 Å². The van der Waals surface area contributed by atoms with Gasteiger partial charge in [-0.1, -0.05) is 24.3 Å². The lowest BCUT2D eigenvalue weighted by Gasteiger charge is -2.33. The van der Waals surface area contributed by atoms with Crippen LogP contribution in [0.4, 0.5) is 0 Å². The maximum Gasteiger partial charge on any atom is 0.0637 e. The van der Waals surface area contributed by atoms with E-state index in [0.29, 0.717) is 12.0 Å². The Morgan fingerprint density at radius 2 is 2.10 bits per heavy atom. The average Bonchev–Trinajstić information content (AvgIpc) is 2.46. The van der Waals surface area contributed by atoms with E-state index in [-0.39, 0.29) is 5.60 Å². The Balaban J connectivity index is 2.05. The van der Waals surface area contributed by atoms with Crippen LogP contribution in [0.2, 0.25) is 0 Å². The van der Waals surface area contributed by atoms with E-state index in [1.165, 1.54) is 25.7 Å². The predicted molar refractivity (Wildman–Crippen MR) is 85.3 cm³/mol. The first-order chi connectivity index (χ1) is 9.55. The van der Waals surface area contributed by atoms with E-state index in [2.05, 4.69) is 50.5 Å². The summed E-state index contributed by atoms with van der Waals surface area (Å²) in [6, 6.07) is 9.50. The van der Waals surface area contributed by atoms with Crippen LogP contribution < -0.4 is 5.32 Å². The number of hydrogen-bond acceptors (Lipinski definition) is 2. The third-order valence-corrected chi connectivity index (χ3v) is 4.76. The van der Waals surface area contributed by atoms with Crippen molar-refractivity contribution in [3.63, 3.8) is 0 Å². The molecule has 0 amide bonds. The Kier molecular flexibility index (Phi) is 5.22. The molecule has 1 aliphatic rings. The highest BCUT2D eigenvalue weighted by Crippen LogP contribution is 2.35. The summed E-state index contributed by atoms with van der Waals surface area (Å²) in [5, 5.41) is 3.49. The fourth-order valence-corrected chi connectivity index (χ4v) is 3.42. The molecule has 1 aromatic carbocycles. The Bertz CT molecular complexity index is 427. The van der Waals surface area contributed by atoms with E-state index in [1.807, 2.05) is 7.11 Å². The summed E-state index contributed by atoms with van der Waals surface area (Å²) in [5.74, 6) is 0.699. The molecule has 0 aromatic heterocycles. The van der Waals surface area contributed by atoms with Gasteiger partial charge in [0.2, 0.25) is 0 Å². The van der Waals surface area contributed by atoms with Crippen LogP contribution in [0.3, 0.4) is 0 Å². The Morgan fingerprint density at radius 3 is 2.80 bits per heavy atom. The van der Waals surface area contributed by atoms with E-state index >= 15 is 0 Å². The van der Waals surface area contributed by atoms with E-state index in [0.717, 1.165) is 6.42 Å². The number of fused-ring (bicyclic) bond motifs is 1. The van der Waals surface area contributed by atoms with Crippen LogP contribution in [0.25, 0.3) is 0 Å². The van der Waals surface area contributed by atoms with Crippen molar-refractivity contribution in [1.29, 1.82) is 0 Å². The zero-order chi connectivity index (χ0) is 14.6. The Morgan fingerprint density at radius 1 is 1.35 bits per heavy atom. The third-order valence-electron chi connectivity index (χ3n) is 4.76. The summed E-state index contributed by atoms with van der Waals surface area (Å²) in [4.78, 5) is 0. The smallest absolute Gasteiger partial charge is 0.0637 e. The molecule has 2 heteroatoms. The number of hydrogen-bond donors (Lipinski definition) is 1. The molecule has 0 spiro atoms. The zero-order valence-electron chi connectivity index (χ0n) is 13.4. The molecule has 112 valence electrons. The molecule has 0 heterocycles. The third kappa shape index (κ3) is 3.83. The molecule has 0 saturated heterocycles. The van der Waals surface area contributed by atoms with Gasteiger partial charge in [-0.3, -0.25) is 0 Å². The summed E-state index contributed by atoms with van der Waals surface area (Å²) < 4.78 is 5.59. The van der Waals surface area contributed by atoms with E-state index in [9.17, 15) is 0 Å². The largest absolute Gasteiger partial charge is 0.379 e. The molecule has 0 bridgehead atoms. The molecule has 2 nitrogen and oxygen atoms in total. The maximum atomic E-state index is 5.59. The molecule has 0 aliphatic heterocycles. The van der Waals surface area contributed by atoms with Gasteiger partial charge in [-0.15, -0.1) is 0 Å². The molecule has 2 rings (SSSR count). The van der Waals surface area contributed by atoms with Crippen molar-refractivity contribution in [3.05, 3.63) is 35.4 Å². The minimum absolute atomic E-state index is 0.0537. The van der Waals surface area contributed by atoms with Crippen LogP contribution in [0.15, 0.2) is 24.3 Å². The van der Waals surface area contributed by atoms with Crippen molar-refractivity contribution in [3.8, 4) is 0 Å². The molecule has 1 N–H and O–H groups in total. The average molecular weight is 275 g/mol. The van der Waals surface area contributed by atoms with Crippen molar-refractivity contribution in [1.82, 2.24) is 5.32 Å². The lowest BCUT2D eigenvalue weighted by molar-refractivity contribution is 0.00632. The van der Waals surface area contributed by atoms with Crippen molar-refractivity contribution in [2.45, 2.75) is 63.5 Å². The van der Waals surface area contributed by atoms with Gasteiger partial charge in [0.25, 0.3) is 0 Å². The van der Waals surface area contributed by atoms with Crippen LogP contribution in [-0.2, 0) is 11.2 Å². The zero-order valence-corrected chi connectivity index (χ0v) is 13.4. The minimum atomic E-state index is -0.0537. The number of aryl methyl sites for hydroxylation is 1. The fraction of sp³-hybridized carbons (Fsp3) is 0.667. The van der Waals surface area contributed by atoms with Gasteiger partial charge in [-0.2, -0.15) is 0 Å². The van der Waals surface area contributed by atoms with Gasteiger partial charge in [0, 0.05) is 13.2 Å². The summed E-state index contributed by atoms with van der Waals surface area (Å²) in [5.41, 5.74) is 3.08. The summed E-state index contributed by atoms with van der Waals surface area (Å²) in [7, 11) is 3.88. The van der Waals surface area contributed by atoms with E-state index in [4.69, 9.17) is 4.74 Å². The molecule has 20 heavy (non-hydrogen) atoms. The van der Waals surface area contributed by atoms with Crippen LogP contribution in [0.5, 0.6) is 0 Å².